The summed E-state index contributed by atoms with van der Waals surface area (Å²) in [6.07, 6.45) is 2.85. The van der Waals surface area contributed by atoms with Gasteiger partial charge in [0.25, 0.3) is 0 Å². The third-order valence-electron chi connectivity index (χ3n) is 3.87. The largest absolute Gasteiger partial charge is 0.493 e. The van der Waals surface area contributed by atoms with Gasteiger partial charge in [-0.3, -0.25) is 4.79 Å². The first-order valence-corrected chi connectivity index (χ1v) is 9.69. The molecule has 1 N–H and O–H groups in total. The fraction of sp³-hybridized carbons (Fsp3) is 0.529. The maximum absolute atomic E-state index is 12.3. The molecule has 0 aliphatic carbocycles. The number of rotatable bonds is 8. The van der Waals surface area contributed by atoms with Crippen LogP contribution in [0.25, 0.3) is 0 Å². The molecule has 0 aromatic heterocycles. The number of alkyl halides is 2. The van der Waals surface area contributed by atoms with Crippen LogP contribution in [0, 0.1) is 0 Å². The van der Waals surface area contributed by atoms with Crippen LogP contribution in [0.2, 0.25) is 0 Å². The first kappa shape index (κ1) is 20.7. The van der Waals surface area contributed by atoms with Crippen LogP contribution in [0.1, 0.15) is 18.4 Å². The van der Waals surface area contributed by atoms with Crippen LogP contribution in [-0.4, -0.2) is 54.2 Å². The lowest BCUT2D eigenvalue weighted by molar-refractivity contribution is -0.118. The van der Waals surface area contributed by atoms with Crippen LogP contribution in [0.15, 0.2) is 18.2 Å². The van der Waals surface area contributed by atoms with Gasteiger partial charge in [0.1, 0.15) is 4.32 Å². The van der Waals surface area contributed by atoms with Gasteiger partial charge in [0.05, 0.1) is 12.9 Å². The second-order valence-corrected chi connectivity index (χ2v) is 7.32. The third-order valence-corrected chi connectivity index (χ3v) is 5.39. The Morgan fingerprint density at radius 2 is 2.08 bits per heavy atom. The summed E-state index contributed by atoms with van der Waals surface area (Å²) in [7, 11) is 1.39. The molecule has 144 valence electrons. The van der Waals surface area contributed by atoms with E-state index in [1.807, 2.05) is 0 Å². The van der Waals surface area contributed by atoms with Crippen molar-refractivity contribution in [3.05, 3.63) is 23.8 Å². The molecule has 1 heterocycles. The molecule has 1 amide bonds. The highest BCUT2D eigenvalue weighted by atomic mass is 32.2. The third kappa shape index (κ3) is 6.60. The predicted octanol–water partition coefficient (Wildman–Crippen LogP) is 3.07. The van der Waals surface area contributed by atoms with Crippen molar-refractivity contribution in [1.82, 2.24) is 10.2 Å². The zero-order valence-electron chi connectivity index (χ0n) is 14.5. The molecule has 26 heavy (non-hydrogen) atoms. The number of carbonyl (C=O) groups is 1. The molecule has 1 aromatic rings. The van der Waals surface area contributed by atoms with Crippen molar-refractivity contribution in [1.29, 1.82) is 0 Å². The molecule has 1 saturated heterocycles. The summed E-state index contributed by atoms with van der Waals surface area (Å²) in [4.78, 5) is 14.0. The summed E-state index contributed by atoms with van der Waals surface area (Å²) in [5.41, 5.74) is 0.851. The molecule has 1 aromatic carbocycles. The van der Waals surface area contributed by atoms with Crippen molar-refractivity contribution in [2.24, 2.45) is 0 Å². The van der Waals surface area contributed by atoms with E-state index in [4.69, 9.17) is 17.0 Å². The number of carbonyl (C=O) groups excluding carboxylic acids is 1. The predicted molar refractivity (Wildman–Crippen MR) is 102 cm³/mol. The molecule has 0 atom stereocenters. The van der Waals surface area contributed by atoms with E-state index in [0.717, 1.165) is 35.8 Å². The van der Waals surface area contributed by atoms with E-state index in [1.54, 1.807) is 12.1 Å². The molecule has 0 saturated carbocycles. The van der Waals surface area contributed by atoms with Gasteiger partial charge in [0.2, 0.25) is 5.91 Å². The average Bonchev–Trinajstić information content (AvgIpc) is 3.15. The maximum Gasteiger partial charge on any atom is 0.387 e. The Morgan fingerprint density at radius 1 is 1.35 bits per heavy atom. The first-order chi connectivity index (χ1) is 12.5. The number of nitrogens with zero attached hydrogens (tertiary/aromatic N) is 1. The van der Waals surface area contributed by atoms with E-state index in [0.29, 0.717) is 18.7 Å². The summed E-state index contributed by atoms with van der Waals surface area (Å²) in [6.45, 7) is -0.520. The van der Waals surface area contributed by atoms with E-state index in [2.05, 4.69) is 15.0 Å². The second kappa shape index (κ2) is 10.5. The number of amides is 1. The van der Waals surface area contributed by atoms with Gasteiger partial charge in [-0.25, -0.2) is 0 Å². The number of thiocarbonyl (C=S) groups is 1. The standard InChI is InChI=1S/C17H22F2N2O3S2/c1-23-14-10-12(4-5-13(14)24-16(18)19)6-7-20-15(22)11-26-17(25)21-8-2-3-9-21/h4-5,10,16H,2-3,6-9,11H2,1H3,(H,20,22). The Labute approximate surface area is 161 Å². The molecular formula is C17H22F2N2O3S2. The number of hydrogen-bond acceptors (Lipinski definition) is 5. The maximum atomic E-state index is 12.3. The molecule has 1 aliphatic rings. The van der Waals surface area contributed by atoms with Crippen LogP contribution < -0.4 is 14.8 Å². The van der Waals surface area contributed by atoms with E-state index in [1.165, 1.54) is 24.9 Å². The lowest BCUT2D eigenvalue weighted by Crippen LogP contribution is -2.30. The molecular weight excluding hydrogens is 382 g/mol. The van der Waals surface area contributed by atoms with E-state index in [9.17, 15) is 13.6 Å². The van der Waals surface area contributed by atoms with E-state index in [-0.39, 0.29) is 17.4 Å². The molecule has 0 radical (unpaired) electrons. The Kier molecular flexibility index (Phi) is 8.37. The Bertz CT molecular complexity index is 626. The van der Waals surface area contributed by atoms with Gasteiger partial charge in [-0.15, -0.1) is 0 Å². The lowest BCUT2D eigenvalue weighted by Gasteiger charge is -2.17. The van der Waals surface area contributed by atoms with Gasteiger partial charge in [0.15, 0.2) is 11.5 Å². The summed E-state index contributed by atoms with van der Waals surface area (Å²) >= 11 is 6.70. The minimum atomic E-state index is -2.90. The molecule has 2 rings (SSSR count). The highest BCUT2D eigenvalue weighted by Gasteiger charge is 2.16. The summed E-state index contributed by atoms with van der Waals surface area (Å²) in [5, 5.41) is 2.83. The number of likely N-dealkylation sites (tertiary alicyclic amines) is 1. The minimum Gasteiger partial charge on any atom is -0.493 e. The zero-order chi connectivity index (χ0) is 18.9. The smallest absolute Gasteiger partial charge is 0.387 e. The highest BCUT2D eigenvalue weighted by Crippen LogP contribution is 2.29. The van der Waals surface area contributed by atoms with Crippen molar-refractivity contribution in [2.75, 3.05) is 32.5 Å². The molecule has 5 nitrogen and oxygen atoms in total. The number of ether oxygens (including phenoxy) is 2. The van der Waals surface area contributed by atoms with Crippen molar-refractivity contribution in [2.45, 2.75) is 25.9 Å². The van der Waals surface area contributed by atoms with Gasteiger partial charge in [-0.1, -0.05) is 30.0 Å². The number of thioether (sulfide) groups is 1. The molecule has 9 heteroatoms. The minimum absolute atomic E-state index is 0.0119. The second-order valence-electron chi connectivity index (χ2n) is 5.71. The molecule has 0 bridgehead atoms. The Balaban J connectivity index is 1.72. The fourth-order valence-electron chi connectivity index (χ4n) is 2.58. The van der Waals surface area contributed by atoms with Gasteiger partial charge >= 0.3 is 6.61 Å². The molecule has 1 fully saturated rings. The zero-order valence-corrected chi connectivity index (χ0v) is 16.1. The van der Waals surface area contributed by atoms with Crippen molar-refractivity contribution in [3.63, 3.8) is 0 Å². The summed E-state index contributed by atoms with van der Waals surface area (Å²) in [5.74, 6) is 0.434. The number of hydrogen-bond donors (Lipinski definition) is 1. The van der Waals surface area contributed by atoms with Crippen LogP contribution in [0.3, 0.4) is 0 Å². The van der Waals surface area contributed by atoms with Crippen molar-refractivity contribution < 1.29 is 23.0 Å². The van der Waals surface area contributed by atoms with Crippen LogP contribution in [-0.2, 0) is 11.2 Å². The molecule has 0 unspecified atom stereocenters. The highest BCUT2D eigenvalue weighted by molar-refractivity contribution is 8.23. The number of methoxy groups -OCH3 is 1. The lowest BCUT2D eigenvalue weighted by atomic mass is 10.1. The normalized spacial score (nSPS) is 13.8. The monoisotopic (exact) mass is 404 g/mol. The van der Waals surface area contributed by atoms with Crippen molar-refractivity contribution in [3.8, 4) is 11.5 Å². The number of halogens is 2. The fourth-order valence-corrected chi connectivity index (χ4v) is 3.66. The van der Waals surface area contributed by atoms with Crippen molar-refractivity contribution >= 4 is 34.2 Å². The van der Waals surface area contributed by atoms with E-state index >= 15 is 0 Å². The van der Waals surface area contributed by atoms with Gasteiger partial charge in [-0.05, 0) is 37.0 Å². The van der Waals surface area contributed by atoms with Crippen LogP contribution in [0.4, 0.5) is 8.78 Å². The summed E-state index contributed by atoms with van der Waals surface area (Å²) < 4.78 is 34.9. The topological polar surface area (TPSA) is 50.8 Å². The Hall–Kier alpha value is -1.61. The first-order valence-electron chi connectivity index (χ1n) is 8.29. The van der Waals surface area contributed by atoms with E-state index < -0.39 is 6.61 Å². The number of nitrogens with one attached hydrogen (secondary N) is 1. The van der Waals surface area contributed by atoms with Gasteiger partial charge < -0.3 is 19.7 Å². The van der Waals surface area contributed by atoms with Crippen LogP contribution in [0.5, 0.6) is 11.5 Å². The number of benzene rings is 1. The SMILES string of the molecule is COc1cc(CCNC(=O)CSC(=S)N2CCCC2)ccc1OC(F)F. The van der Waals surface area contributed by atoms with Crippen LogP contribution >= 0.6 is 24.0 Å². The molecule has 1 aliphatic heterocycles. The summed E-state index contributed by atoms with van der Waals surface area (Å²) in [6, 6.07) is 4.73. The molecule has 0 spiro atoms. The van der Waals surface area contributed by atoms with Gasteiger partial charge in [-0.2, -0.15) is 8.78 Å². The van der Waals surface area contributed by atoms with Gasteiger partial charge in [0, 0.05) is 19.6 Å². The Morgan fingerprint density at radius 3 is 2.73 bits per heavy atom. The average molecular weight is 405 g/mol. The quantitative estimate of drug-likeness (QED) is 0.672.